The number of benzene rings is 1. The van der Waals surface area contributed by atoms with Crippen molar-refractivity contribution in [3.63, 3.8) is 0 Å². The van der Waals surface area contributed by atoms with Crippen molar-refractivity contribution in [2.45, 2.75) is 31.6 Å². The van der Waals surface area contributed by atoms with Crippen LogP contribution in [0.4, 0.5) is 0 Å². The predicted molar refractivity (Wildman–Crippen MR) is 79.3 cm³/mol. The summed E-state index contributed by atoms with van der Waals surface area (Å²) in [4.78, 5) is 23.3. The third kappa shape index (κ3) is 4.77. The zero-order valence-corrected chi connectivity index (χ0v) is 12.9. The molecule has 6 heteroatoms. The Bertz CT molecular complexity index is 479. The lowest BCUT2D eigenvalue weighted by Gasteiger charge is -2.28. The normalized spacial score (nSPS) is 12.4. The van der Waals surface area contributed by atoms with Gasteiger partial charge in [0, 0.05) is 11.7 Å². The molecule has 0 spiro atoms. The second-order valence-corrected chi connectivity index (χ2v) is 6.04. The maximum absolute atomic E-state index is 12.1. The largest absolute Gasteiger partial charge is 0.497 e. The van der Waals surface area contributed by atoms with E-state index in [9.17, 15) is 9.59 Å². The molecule has 0 saturated heterocycles. The third-order valence-corrected chi connectivity index (χ3v) is 2.83. The molecule has 0 bridgehead atoms. The molecule has 1 amide bonds. The molecule has 0 aromatic heterocycles. The number of ether oxygens (including phenoxy) is 2. The van der Waals surface area contributed by atoms with Gasteiger partial charge in [-0.15, -0.1) is 0 Å². The van der Waals surface area contributed by atoms with Crippen LogP contribution in [-0.4, -0.2) is 29.8 Å². The van der Waals surface area contributed by atoms with Crippen molar-refractivity contribution in [1.82, 2.24) is 5.32 Å². The first-order chi connectivity index (χ1) is 9.24. The van der Waals surface area contributed by atoms with Gasteiger partial charge in [0.25, 0.3) is 0 Å². The highest BCUT2D eigenvalue weighted by Crippen LogP contribution is 2.22. The molecule has 1 aromatic rings. The van der Waals surface area contributed by atoms with Gasteiger partial charge in [-0.1, -0.05) is 0 Å². The SMILES string of the molecule is COc1ccc(OC(=O)[C@H](NC(C)=O)C(C)(C)S)cc1. The summed E-state index contributed by atoms with van der Waals surface area (Å²) in [6.45, 7) is 4.80. The molecule has 0 radical (unpaired) electrons. The highest BCUT2D eigenvalue weighted by molar-refractivity contribution is 7.81. The summed E-state index contributed by atoms with van der Waals surface area (Å²) in [7, 11) is 1.55. The van der Waals surface area contributed by atoms with E-state index in [2.05, 4.69) is 17.9 Å². The number of carbonyl (C=O) groups is 2. The monoisotopic (exact) mass is 297 g/mol. The Morgan fingerprint density at radius 1 is 1.20 bits per heavy atom. The molecule has 1 N–H and O–H groups in total. The van der Waals surface area contributed by atoms with Crippen molar-refractivity contribution >= 4 is 24.5 Å². The minimum atomic E-state index is -0.842. The van der Waals surface area contributed by atoms with E-state index in [1.54, 1.807) is 45.2 Å². The number of hydrogen-bond donors (Lipinski definition) is 2. The highest BCUT2D eigenvalue weighted by atomic mass is 32.1. The molecular formula is C14H19NO4S. The van der Waals surface area contributed by atoms with E-state index in [4.69, 9.17) is 9.47 Å². The van der Waals surface area contributed by atoms with Crippen molar-refractivity contribution in [2.24, 2.45) is 0 Å². The molecule has 5 nitrogen and oxygen atoms in total. The zero-order chi connectivity index (χ0) is 15.3. The average molecular weight is 297 g/mol. The first-order valence-corrected chi connectivity index (χ1v) is 6.54. The Hall–Kier alpha value is -1.69. The molecule has 0 fully saturated rings. The van der Waals surface area contributed by atoms with Gasteiger partial charge in [0.1, 0.15) is 17.5 Å². The summed E-state index contributed by atoms with van der Waals surface area (Å²) in [5.41, 5.74) is 0. The Morgan fingerprint density at radius 2 is 1.70 bits per heavy atom. The van der Waals surface area contributed by atoms with Gasteiger partial charge in [-0.25, -0.2) is 4.79 Å². The van der Waals surface area contributed by atoms with Crippen LogP contribution in [0.2, 0.25) is 0 Å². The quantitative estimate of drug-likeness (QED) is 0.494. The van der Waals surface area contributed by atoms with Gasteiger partial charge in [-0.3, -0.25) is 4.79 Å². The molecule has 20 heavy (non-hydrogen) atoms. The number of carbonyl (C=O) groups excluding carboxylic acids is 2. The molecule has 0 saturated carbocycles. The summed E-state index contributed by atoms with van der Waals surface area (Å²) < 4.78 is 9.52. The molecule has 0 heterocycles. The van der Waals surface area contributed by atoms with Crippen LogP contribution in [0.15, 0.2) is 24.3 Å². The fourth-order valence-electron chi connectivity index (χ4n) is 1.55. The standard InChI is InChI=1S/C14H19NO4S/c1-9(16)15-12(14(2,3)20)13(17)19-11-7-5-10(18-4)6-8-11/h5-8,12,20H,1-4H3,(H,15,16)/t12-/m0/s1. The second-order valence-electron chi connectivity index (χ2n) is 4.88. The molecular weight excluding hydrogens is 278 g/mol. The molecule has 0 aliphatic heterocycles. The van der Waals surface area contributed by atoms with Crippen LogP contribution in [0.1, 0.15) is 20.8 Å². The third-order valence-electron chi connectivity index (χ3n) is 2.57. The molecule has 1 atom stereocenters. The van der Waals surface area contributed by atoms with Crippen LogP contribution in [0, 0.1) is 0 Å². The number of esters is 1. The maximum atomic E-state index is 12.1. The lowest BCUT2D eigenvalue weighted by atomic mass is 10.0. The summed E-state index contributed by atoms with van der Waals surface area (Å²) >= 11 is 4.33. The van der Waals surface area contributed by atoms with Crippen molar-refractivity contribution in [3.8, 4) is 11.5 Å². The summed E-state index contributed by atoms with van der Waals surface area (Å²) in [6, 6.07) is 5.76. The maximum Gasteiger partial charge on any atom is 0.335 e. The van der Waals surface area contributed by atoms with Crippen LogP contribution in [0.3, 0.4) is 0 Å². The smallest absolute Gasteiger partial charge is 0.335 e. The minimum Gasteiger partial charge on any atom is -0.497 e. The summed E-state index contributed by atoms with van der Waals surface area (Å²) in [5, 5.41) is 2.55. The van der Waals surface area contributed by atoms with Gasteiger partial charge < -0.3 is 14.8 Å². The Kier molecular flexibility index (Phi) is 5.44. The van der Waals surface area contributed by atoms with Gasteiger partial charge in [-0.05, 0) is 38.1 Å². The number of methoxy groups -OCH3 is 1. The topological polar surface area (TPSA) is 64.6 Å². The number of nitrogens with one attached hydrogen (secondary N) is 1. The number of amides is 1. The number of thiol groups is 1. The molecule has 1 rings (SSSR count). The summed E-state index contributed by atoms with van der Waals surface area (Å²) in [6.07, 6.45) is 0. The minimum absolute atomic E-state index is 0.316. The van der Waals surface area contributed by atoms with Crippen LogP contribution >= 0.6 is 12.6 Å². The Morgan fingerprint density at radius 3 is 2.10 bits per heavy atom. The first-order valence-electron chi connectivity index (χ1n) is 6.09. The van der Waals surface area contributed by atoms with E-state index < -0.39 is 16.8 Å². The molecule has 0 unspecified atom stereocenters. The van der Waals surface area contributed by atoms with Crippen molar-refractivity contribution in [3.05, 3.63) is 24.3 Å². The predicted octanol–water partition coefficient (Wildman–Crippen LogP) is 1.81. The van der Waals surface area contributed by atoms with Gasteiger partial charge in [-0.2, -0.15) is 12.6 Å². The van der Waals surface area contributed by atoms with E-state index in [-0.39, 0.29) is 5.91 Å². The van der Waals surface area contributed by atoms with Gasteiger partial charge in [0.05, 0.1) is 7.11 Å². The van der Waals surface area contributed by atoms with Crippen LogP contribution in [0.5, 0.6) is 11.5 Å². The van der Waals surface area contributed by atoms with E-state index in [1.807, 2.05) is 0 Å². The first kappa shape index (κ1) is 16.4. The average Bonchev–Trinajstić information content (AvgIpc) is 2.35. The van der Waals surface area contributed by atoms with E-state index in [1.165, 1.54) is 6.92 Å². The Balaban J connectivity index is 2.82. The zero-order valence-electron chi connectivity index (χ0n) is 12.0. The van der Waals surface area contributed by atoms with E-state index in [0.29, 0.717) is 11.5 Å². The summed E-state index contributed by atoms with van der Waals surface area (Å²) in [5.74, 6) is 0.163. The highest BCUT2D eigenvalue weighted by Gasteiger charge is 2.34. The lowest BCUT2D eigenvalue weighted by Crippen LogP contribution is -2.52. The second kappa shape index (κ2) is 6.65. The Labute approximate surface area is 124 Å². The van der Waals surface area contributed by atoms with Crippen molar-refractivity contribution < 1.29 is 19.1 Å². The molecule has 0 aliphatic rings. The van der Waals surface area contributed by atoms with Crippen LogP contribution < -0.4 is 14.8 Å². The molecule has 0 aliphatic carbocycles. The number of rotatable bonds is 5. The van der Waals surface area contributed by atoms with Crippen LogP contribution in [0.25, 0.3) is 0 Å². The van der Waals surface area contributed by atoms with Crippen molar-refractivity contribution in [2.75, 3.05) is 7.11 Å². The van der Waals surface area contributed by atoms with Gasteiger partial charge in [0.15, 0.2) is 0 Å². The van der Waals surface area contributed by atoms with Crippen LogP contribution in [-0.2, 0) is 9.59 Å². The van der Waals surface area contributed by atoms with Crippen molar-refractivity contribution in [1.29, 1.82) is 0 Å². The fourth-order valence-corrected chi connectivity index (χ4v) is 1.72. The van der Waals surface area contributed by atoms with E-state index in [0.717, 1.165) is 0 Å². The molecule has 110 valence electrons. The van der Waals surface area contributed by atoms with Gasteiger partial charge in [0.2, 0.25) is 5.91 Å². The molecule has 1 aromatic carbocycles. The van der Waals surface area contributed by atoms with Gasteiger partial charge >= 0.3 is 5.97 Å². The van der Waals surface area contributed by atoms with E-state index >= 15 is 0 Å². The number of hydrogen-bond acceptors (Lipinski definition) is 5. The lowest BCUT2D eigenvalue weighted by molar-refractivity contribution is -0.139. The fraction of sp³-hybridized carbons (Fsp3) is 0.429.